The molecule has 0 aromatic heterocycles. The van der Waals surface area contributed by atoms with Gasteiger partial charge in [-0.25, -0.2) is 14.6 Å². The Hall–Kier alpha value is -2.71. The zero-order valence-electron chi connectivity index (χ0n) is 12.5. The van der Waals surface area contributed by atoms with Crippen LogP contribution in [-0.2, 0) is 4.74 Å². The fraction of sp³-hybridized carbons (Fsp3) is 0.385. The number of amides is 2. The van der Waals surface area contributed by atoms with E-state index in [4.69, 9.17) is 4.74 Å². The maximum absolute atomic E-state index is 13.7. The number of nitro groups is 1. The standard InChI is InChI=1S/C13H16FN3O5/c1-13(2,3)22-12(19)15-16(4)11(18)9-6-5-8(17(20)21)7-10(9)14/h5-7H,1-4H3,(H,15,19). The Balaban J connectivity index is 2.83. The number of benzene rings is 1. The first kappa shape index (κ1) is 17.3. The molecule has 0 aliphatic carbocycles. The number of rotatable bonds is 2. The molecule has 0 bridgehead atoms. The Bertz CT molecular complexity index is 612. The number of hydrogen-bond donors (Lipinski definition) is 1. The monoisotopic (exact) mass is 313 g/mol. The first-order valence-corrected chi connectivity index (χ1v) is 6.23. The van der Waals surface area contributed by atoms with Crippen molar-refractivity contribution in [3.8, 4) is 0 Å². The van der Waals surface area contributed by atoms with Crippen LogP contribution in [0.1, 0.15) is 31.1 Å². The summed E-state index contributed by atoms with van der Waals surface area (Å²) >= 11 is 0. The second kappa shape index (κ2) is 6.37. The number of nitro benzene ring substituents is 1. The number of carbonyl (C=O) groups is 2. The lowest BCUT2D eigenvalue weighted by molar-refractivity contribution is -0.385. The highest BCUT2D eigenvalue weighted by Crippen LogP contribution is 2.17. The maximum atomic E-state index is 13.7. The molecule has 2 amide bonds. The van der Waals surface area contributed by atoms with Crippen molar-refractivity contribution in [3.05, 3.63) is 39.7 Å². The van der Waals surface area contributed by atoms with Gasteiger partial charge in [0.2, 0.25) is 0 Å². The van der Waals surface area contributed by atoms with Gasteiger partial charge in [0.25, 0.3) is 11.6 Å². The molecule has 0 saturated carbocycles. The zero-order chi connectivity index (χ0) is 17.1. The average Bonchev–Trinajstić information content (AvgIpc) is 2.35. The molecule has 0 unspecified atom stereocenters. The predicted molar refractivity (Wildman–Crippen MR) is 74.5 cm³/mol. The smallest absolute Gasteiger partial charge is 0.426 e. The summed E-state index contributed by atoms with van der Waals surface area (Å²) in [6, 6.07) is 2.61. The van der Waals surface area contributed by atoms with Crippen molar-refractivity contribution in [2.24, 2.45) is 0 Å². The molecule has 0 saturated heterocycles. The van der Waals surface area contributed by atoms with Crippen molar-refractivity contribution in [2.75, 3.05) is 7.05 Å². The average molecular weight is 313 g/mol. The van der Waals surface area contributed by atoms with Crippen LogP contribution in [0.4, 0.5) is 14.9 Å². The molecule has 1 N–H and O–H groups in total. The molecular formula is C13H16FN3O5. The van der Waals surface area contributed by atoms with Crippen LogP contribution in [-0.4, -0.2) is 34.6 Å². The molecule has 0 atom stereocenters. The second-order valence-corrected chi connectivity index (χ2v) is 5.40. The number of hydrogen-bond acceptors (Lipinski definition) is 5. The lowest BCUT2D eigenvalue weighted by atomic mass is 10.2. The molecule has 0 aliphatic rings. The molecule has 0 aliphatic heterocycles. The summed E-state index contributed by atoms with van der Waals surface area (Å²) in [5, 5.41) is 11.3. The third kappa shape index (κ3) is 4.69. The number of halogens is 1. The topological polar surface area (TPSA) is 102 Å². The fourth-order valence-electron chi connectivity index (χ4n) is 1.46. The number of carbonyl (C=O) groups excluding carboxylic acids is 2. The van der Waals surface area contributed by atoms with Crippen molar-refractivity contribution in [2.45, 2.75) is 26.4 Å². The van der Waals surface area contributed by atoms with E-state index in [1.54, 1.807) is 20.8 Å². The van der Waals surface area contributed by atoms with E-state index in [1.165, 1.54) is 7.05 Å². The molecular weight excluding hydrogens is 297 g/mol. The highest BCUT2D eigenvalue weighted by Gasteiger charge is 2.22. The first-order chi connectivity index (χ1) is 10.0. The van der Waals surface area contributed by atoms with Crippen molar-refractivity contribution in [1.82, 2.24) is 10.4 Å². The number of non-ortho nitro benzene ring substituents is 1. The molecule has 1 rings (SSSR count). The molecule has 8 nitrogen and oxygen atoms in total. The summed E-state index contributed by atoms with van der Waals surface area (Å²) in [6.07, 6.45) is -0.884. The van der Waals surface area contributed by atoms with E-state index in [0.29, 0.717) is 6.07 Å². The second-order valence-electron chi connectivity index (χ2n) is 5.40. The molecule has 1 aromatic carbocycles. The van der Waals surface area contributed by atoms with Gasteiger partial charge < -0.3 is 4.74 Å². The Kier molecular flexibility index (Phi) is 5.02. The molecule has 1 aromatic rings. The van der Waals surface area contributed by atoms with Gasteiger partial charge in [-0.15, -0.1) is 0 Å². The van der Waals surface area contributed by atoms with Crippen LogP contribution in [0.15, 0.2) is 18.2 Å². The van der Waals surface area contributed by atoms with Gasteiger partial charge in [-0.1, -0.05) is 0 Å². The maximum Gasteiger partial charge on any atom is 0.426 e. The quantitative estimate of drug-likeness (QED) is 0.666. The van der Waals surface area contributed by atoms with E-state index < -0.39 is 39.6 Å². The number of ether oxygens (including phenoxy) is 1. The summed E-state index contributed by atoms with van der Waals surface area (Å²) in [4.78, 5) is 33.3. The van der Waals surface area contributed by atoms with Crippen LogP contribution in [0.5, 0.6) is 0 Å². The lowest BCUT2D eigenvalue weighted by Gasteiger charge is -2.23. The van der Waals surface area contributed by atoms with Crippen molar-refractivity contribution >= 4 is 17.7 Å². The number of hydrazine groups is 1. The van der Waals surface area contributed by atoms with Gasteiger partial charge >= 0.3 is 6.09 Å². The van der Waals surface area contributed by atoms with Crippen molar-refractivity contribution in [3.63, 3.8) is 0 Å². The number of nitrogens with one attached hydrogen (secondary N) is 1. The fourth-order valence-corrected chi connectivity index (χ4v) is 1.46. The summed E-state index contributed by atoms with van der Waals surface area (Å²) in [5.41, 5.74) is 0.476. The first-order valence-electron chi connectivity index (χ1n) is 6.23. The van der Waals surface area contributed by atoms with Gasteiger partial charge in [-0.2, -0.15) is 0 Å². The highest BCUT2D eigenvalue weighted by molar-refractivity contribution is 5.95. The van der Waals surface area contributed by atoms with E-state index in [0.717, 1.165) is 17.1 Å². The van der Waals surface area contributed by atoms with Crippen LogP contribution < -0.4 is 5.43 Å². The number of nitrogens with zero attached hydrogens (tertiary/aromatic N) is 2. The molecule has 9 heteroatoms. The predicted octanol–water partition coefficient (Wildman–Crippen LogP) is 2.25. The van der Waals surface area contributed by atoms with Crippen molar-refractivity contribution < 1.29 is 23.6 Å². The van der Waals surface area contributed by atoms with Gasteiger partial charge in [-0.3, -0.25) is 19.9 Å². The summed E-state index contributed by atoms with van der Waals surface area (Å²) < 4.78 is 18.7. The van der Waals surface area contributed by atoms with E-state index >= 15 is 0 Å². The minimum Gasteiger partial charge on any atom is -0.443 e. The minimum atomic E-state index is -1.06. The zero-order valence-corrected chi connectivity index (χ0v) is 12.5. The summed E-state index contributed by atoms with van der Waals surface area (Å²) in [5.74, 6) is -1.93. The van der Waals surface area contributed by atoms with Crippen LogP contribution in [0.2, 0.25) is 0 Å². The molecule has 0 radical (unpaired) electrons. The minimum absolute atomic E-state index is 0.413. The third-order valence-electron chi connectivity index (χ3n) is 2.36. The molecule has 0 spiro atoms. The van der Waals surface area contributed by atoms with Crippen LogP contribution in [0.3, 0.4) is 0 Å². The van der Waals surface area contributed by atoms with Gasteiger partial charge in [-0.05, 0) is 26.8 Å². The van der Waals surface area contributed by atoms with E-state index in [2.05, 4.69) is 5.43 Å². The highest BCUT2D eigenvalue weighted by atomic mass is 19.1. The van der Waals surface area contributed by atoms with Gasteiger partial charge in [0.05, 0.1) is 16.6 Å². The molecule has 22 heavy (non-hydrogen) atoms. The molecule has 0 heterocycles. The summed E-state index contributed by atoms with van der Waals surface area (Å²) in [7, 11) is 1.20. The van der Waals surface area contributed by atoms with Crippen LogP contribution in [0, 0.1) is 15.9 Å². The SMILES string of the molecule is CN(NC(=O)OC(C)(C)C)C(=O)c1ccc([N+](=O)[O-])cc1F. The van der Waals surface area contributed by atoms with Gasteiger partial charge in [0.1, 0.15) is 11.4 Å². The molecule has 120 valence electrons. The Labute approximate surface area is 126 Å². The molecule has 0 fully saturated rings. The normalized spacial score (nSPS) is 10.8. The Morgan fingerprint density at radius 1 is 1.36 bits per heavy atom. The van der Waals surface area contributed by atoms with Gasteiger partial charge in [0, 0.05) is 13.1 Å². The van der Waals surface area contributed by atoms with Gasteiger partial charge in [0.15, 0.2) is 0 Å². The summed E-state index contributed by atoms with van der Waals surface area (Å²) in [6.45, 7) is 4.93. The Morgan fingerprint density at radius 3 is 2.41 bits per heavy atom. The third-order valence-corrected chi connectivity index (χ3v) is 2.36. The van der Waals surface area contributed by atoms with E-state index in [9.17, 15) is 24.1 Å². The Morgan fingerprint density at radius 2 is 1.95 bits per heavy atom. The largest absolute Gasteiger partial charge is 0.443 e. The van der Waals surface area contributed by atoms with E-state index in [-0.39, 0.29) is 0 Å². The van der Waals surface area contributed by atoms with Crippen LogP contribution in [0.25, 0.3) is 0 Å². The lowest BCUT2D eigenvalue weighted by Crippen LogP contribution is -2.45. The van der Waals surface area contributed by atoms with E-state index in [1.807, 2.05) is 0 Å². The van der Waals surface area contributed by atoms with Crippen molar-refractivity contribution in [1.29, 1.82) is 0 Å². The van der Waals surface area contributed by atoms with Crippen LogP contribution >= 0.6 is 0 Å².